The molecule has 0 spiro atoms. The molecule has 2 rings (SSSR count). The maximum absolute atomic E-state index is 11.9. The van der Waals surface area contributed by atoms with E-state index in [-0.39, 0.29) is 33.8 Å². The molecule has 166 valence electrons. The number of allylic oxidation sites excluding steroid dienone is 1. The molecule has 0 saturated heterocycles. The van der Waals surface area contributed by atoms with Gasteiger partial charge in [0.05, 0.1) is 22.3 Å². The van der Waals surface area contributed by atoms with Gasteiger partial charge < -0.3 is 14.6 Å². The number of carbonyl (C=O) groups is 2. The number of nitrogens with one attached hydrogen (secondary N) is 2. The molecule has 3 N–H and O–H groups in total. The number of carbonyl (C=O) groups excluding carboxylic acids is 2. The van der Waals surface area contributed by atoms with Gasteiger partial charge in [0, 0.05) is 5.56 Å². The van der Waals surface area contributed by atoms with Gasteiger partial charge in [0.2, 0.25) is 5.71 Å². The lowest BCUT2D eigenvalue weighted by molar-refractivity contribution is -0.114. The molecule has 0 radical (unpaired) electrons. The number of hydrogen-bond donors (Lipinski definition) is 3. The molecule has 0 fully saturated rings. The molecule has 11 heteroatoms. The fraction of sp³-hybridized carbons (Fsp3) is 0.143. The van der Waals surface area contributed by atoms with Gasteiger partial charge >= 0.3 is 6.09 Å². The molecule has 0 saturated carbocycles. The summed E-state index contributed by atoms with van der Waals surface area (Å²) in [5.41, 5.74) is 3.24. The van der Waals surface area contributed by atoms with Crippen molar-refractivity contribution in [1.82, 2.24) is 5.32 Å². The second-order valence-corrected chi connectivity index (χ2v) is 7.00. The number of halogens is 2. The molecule has 0 unspecified atom stereocenters. The van der Waals surface area contributed by atoms with E-state index in [0.717, 1.165) is 0 Å². The number of alkyl carbamates (subject to hydrolysis) is 1. The van der Waals surface area contributed by atoms with Crippen molar-refractivity contribution >= 4 is 52.2 Å². The van der Waals surface area contributed by atoms with Crippen LogP contribution in [0, 0.1) is 11.3 Å². The first-order valence-corrected chi connectivity index (χ1v) is 9.79. The van der Waals surface area contributed by atoms with E-state index in [1.807, 2.05) is 5.32 Å². The van der Waals surface area contributed by atoms with Crippen molar-refractivity contribution in [3.8, 4) is 23.3 Å². The number of ether oxygens (including phenoxy) is 2. The van der Waals surface area contributed by atoms with E-state index in [2.05, 4.69) is 21.8 Å². The summed E-state index contributed by atoms with van der Waals surface area (Å²) in [6.07, 6.45) is -1.00. The van der Waals surface area contributed by atoms with Crippen LogP contribution in [0.3, 0.4) is 0 Å². The minimum atomic E-state index is -1.05. The minimum absolute atomic E-state index is 0.0553. The summed E-state index contributed by atoms with van der Waals surface area (Å²) < 4.78 is 10.3. The van der Waals surface area contributed by atoms with Crippen molar-refractivity contribution in [3.63, 3.8) is 0 Å². The summed E-state index contributed by atoms with van der Waals surface area (Å²) in [7, 11) is 0. The van der Waals surface area contributed by atoms with E-state index < -0.39 is 17.7 Å². The predicted molar refractivity (Wildman–Crippen MR) is 121 cm³/mol. The van der Waals surface area contributed by atoms with Gasteiger partial charge in [-0.2, -0.15) is 10.4 Å². The molecule has 0 heterocycles. The van der Waals surface area contributed by atoms with Crippen molar-refractivity contribution in [2.45, 2.75) is 13.8 Å². The fourth-order valence-electron chi connectivity index (χ4n) is 2.33. The Kier molecular flexibility index (Phi) is 8.46. The van der Waals surface area contributed by atoms with Crippen LogP contribution in [-0.4, -0.2) is 29.4 Å². The zero-order valence-corrected chi connectivity index (χ0v) is 18.5. The number of hydrogen-bond acceptors (Lipinski definition) is 8. The number of amides is 2. The van der Waals surface area contributed by atoms with Gasteiger partial charge in [-0.1, -0.05) is 29.8 Å². The Morgan fingerprint density at radius 2 is 1.91 bits per heavy atom. The summed E-state index contributed by atoms with van der Waals surface area (Å²) in [6.45, 7) is 7.15. The Morgan fingerprint density at radius 1 is 1.25 bits per heavy atom. The quantitative estimate of drug-likeness (QED) is 0.374. The largest absolute Gasteiger partial charge is 0.507 e. The van der Waals surface area contributed by atoms with Gasteiger partial charge in [-0.25, -0.2) is 4.79 Å². The number of nitrogens with zero attached hydrogens (tertiary/aromatic N) is 2. The molecule has 0 aliphatic rings. The summed E-state index contributed by atoms with van der Waals surface area (Å²) >= 11 is 12.5. The lowest BCUT2D eigenvalue weighted by Gasteiger charge is -2.13. The molecule has 0 atom stereocenters. The van der Waals surface area contributed by atoms with E-state index in [4.69, 9.17) is 33.2 Å². The number of anilines is 1. The maximum atomic E-state index is 11.9. The van der Waals surface area contributed by atoms with Crippen molar-refractivity contribution < 1.29 is 24.2 Å². The summed E-state index contributed by atoms with van der Waals surface area (Å²) in [6, 6.07) is 8.95. The van der Waals surface area contributed by atoms with Crippen LogP contribution in [0.5, 0.6) is 17.2 Å². The van der Waals surface area contributed by atoms with Crippen molar-refractivity contribution in [2.75, 3.05) is 12.0 Å². The number of aromatic hydroxyl groups is 1. The monoisotopic (exact) mass is 476 g/mol. The van der Waals surface area contributed by atoms with E-state index in [1.54, 1.807) is 26.0 Å². The summed E-state index contributed by atoms with van der Waals surface area (Å²) in [4.78, 5) is 23.2. The van der Waals surface area contributed by atoms with E-state index in [9.17, 15) is 14.7 Å². The van der Waals surface area contributed by atoms with E-state index in [0.29, 0.717) is 16.9 Å². The molecule has 0 aliphatic heterocycles. The summed E-state index contributed by atoms with van der Waals surface area (Å²) in [5, 5.41) is 24.7. The predicted octanol–water partition coefficient (Wildman–Crippen LogP) is 5.09. The number of benzene rings is 2. The molecule has 0 aliphatic carbocycles. The third kappa shape index (κ3) is 6.38. The van der Waals surface area contributed by atoms with Crippen LogP contribution in [-0.2, 0) is 9.53 Å². The molecule has 9 nitrogen and oxygen atoms in total. The van der Waals surface area contributed by atoms with Crippen molar-refractivity contribution in [3.05, 3.63) is 52.5 Å². The number of hydrazone groups is 1. The normalized spacial score (nSPS) is 10.7. The second-order valence-electron chi connectivity index (χ2n) is 6.19. The SMILES string of the molecule is C=C(C)c1cc(Oc2c(Cl)cc(N/N=C(\C#N)C(=O)NC(=O)OCC)cc2Cl)ccc1O. The Labute approximate surface area is 193 Å². The molecule has 2 aromatic carbocycles. The highest BCUT2D eigenvalue weighted by Crippen LogP contribution is 2.40. The van der Waals surface area contributed by atoms with Gasteiger partial charge in [0.15, 0.2) is 5.75 Å². The average molecular weight is 477 g/mol. The average Bonchev–Trinajstić information content (AvgIpc) is 2.72. The number of rotatable bonds is 7. The van der Waals surface area contributed by atoms with Gasteiger partial charge in [0.25, 0.3) is 5.91 Å². The highest BCUT2D eigenvalue weighted by molar-refractivity contribution is 6.47. The van der Waals surface area contributed by atoms with E-state index in [1.165, 1.54) is 24.3 Å². The van der Waals surface area contributed by atoms with Crippen molar-refractivity contribution in [2.24, 2.45) is 5.10 Å². The Hall–Kier alpha value is -3.74. The van der Waals surface area contributed by atoms with E-state index >= 15 is 0 Å². The van der Waals surface area contributed by atoms with Crippen LogP contribution >= 0.6 is 23.2 Å². The molecule has 2 amide bonds. The topological polar surface area (TPSA) is 133 Å². The Balaban J connectivity index is 2.20. The van der Waals surface area contributed by atoms with Crippen molar-refractivity contribution in [1.29, 1.82) is 5.26 Å². The van der Waals surface area contributed by atoms with Gasteiger partial charge in [-0.05, 0) is 49.8 Å². The van der Waals surface area contributed by atoms with Gasteiger partial charge in [0.1, 0.15) is 17.6 Å². The fourth-order valence-corrected chi connectivity index (χ4v) is 2.89. The highest BCUT2D eigenvalue weighted by Gasteiger charge is 2.16. The van der Waals surface area contributed by atoms with Crippen LogP contribution < -0.4 is 15.5 Å². The smallest absolute Gasteiger partial charge is 0.414 e. The van der Waals surface area contributed by atoms with Crippen LogP contribution in [0.15, 0.2) is 42.0 Å². The second kappa shape index (κ2) is 11.0. The maximum Gasteiger partial charge on any atom is 0.414 e. The number of imide groups is 1. The lowest BCUT2D eigenvalue weighted by atomic mass is 10.1. The molecule has 0 bridgehead atoms. The third-order valence-electron chi connectivity index (χ3n) is 3.75. The third-order valence-corrected chi connectivity index (χ3v) is 4.32. The van der Waals surface area contributed by atoms with Gasteiger partial charge in [-0.15, -0.1) is 0 Å². The Morgan fingerprint density at radius 3 is 2.47 bits per heavy atom. The van der Waals surface area contributed by atoms with Crippen LogP contribution in [0.4, 0.5) is 10.5 Å². The first-order chi connectivity index (χ1) is 15.2. The van der Waals surface area contributed by atoms with Crippen LogP contribution in [0.25, 0.3) is 5.57 Å². The molecule has 32 heavy (non-hydrogen) atoms. The number of phenolic OH excluding ortho intramolecular Hbond substituents is 1. The molecule has 0 aromatic heterocycles. The molecular weight excluding hydrogens is 459 g/mol. The lowest BCUT2D eigenvalue weighted by Crippen LogP contribution is -2.36. The Bertz CT molecular complexity index is 1120. The molecular formula is C21H18Cl2N4O5. The van der Waals surface area contributed by atoms with Crippen LogP contribution in [0.2, 0.25) is 10.0 Å². The standard InChI is InChI=1S/C21H18Cl2N4O5/c1-4-31-21(30)25-20(29)17(10-24)27-26-12-7-15(22)19(16(23)8-12)32-13-5-6-18(28)14(9-13)11(2)3/h5-9,26,28H,2,4H2,1,3H3,(H,25,29,30)/b27-17+. The zero-order chi connectivity index (χ0) is 23.8. The van der Waals surface area contributed by atoms with Crippen LogP contribution in [0.1, 0.15) is 19.4 Å². The molecule has 2 aromatic rings. The number of phenols is 1. The minimum Gasteiger partial charge on any atom is -0.507 e. The zero-order valence-electron chi connectivity index (χ0n) is 17.0. The first kappa shape index (κ1) is 24.5. The highest BCUT2D eigenvalue weighted by atomic mass is 35.5. The number of nitriles is 1. The first-order valence-electron chi connectivity index (χ1n) is 9.04. The van der Waals surface area contributed by atoms with Gasteiger partial charge in [-0.3, -0.25) is 15.5 Å². The summed E-state index contributed by atoms with van der Waals surface area (Å²) in [5.74, 6) is -0.483.